The molecule has 2 heterocycles. The average Bonchev–Trinajstić information content (AvgIpc) is 3.20. The molecule has 1 aliphatic carbocycles. The average molecular weight is 384 g/mol. The Labute approximate surface area is 163 Å². The molecule has 2 N–H and O–H groups in total. The van der Waals surface area contributed by atoms with Gasteiger partial charge in [-0.3, -0.25) is 19.3 Å². The van der Waals surface area contributed by atoms with E-state index in [1.807, 2.05) is 0 Å². The molecule has 0 aromatic heterocycles. The maximum absolute atomic E-state index is 12.7. The Morgan fingerprint density at radius 3 is 2.39 bits per heavy atom. The second-order valence-corrected chi connectivity index (χ2v) is 7.71. The lowest BCUT2D eigenvalue weighted by Gasteiger charge is -2.30. The standard InChI is InChI=1S/C20H24N4O4/c25-16(13-24-18(27)20(22-19(24)28)10-2-1-3-11-20)21-14-6-8-15(9-7-14)23-12-4-5-17(23)26/h6-9H,1-5,10-13H2,(H,21,25)(H,22,28). The number of anilines is 2. The smallest absolute Gasteiger partial charge is 0.325 e. The van der Waals surface area contributed by atoms with Crippen LogP contribution in [-0.2, 0) is 14.4 Å². The van der Waals surface area contributed by atoms with Gasteiger partial charge in [0.05, 0.1) is 0 Å². The third-order valence-electron chi connectivity index (χ3n) is 5.79. The summed E-state index contributed by atoms with van der Waals surface area (Å²) in [6.07, 6.45) is 5.54. The highest BCUT2D eigenvalue weighted by Crippen LogP contribution is 2.33. The molecule has 2 aliphatic heterocycles. The lowest BCUT2D eigenvalue weighted by Crippen LogP contribution is -2.48. The highest BCUT2D eigenvalue weighted by Gasteiger charge is 2.51. The summed E-state index contributed by atoms with van der Waals surface area (Å²) in [4.78, 5) is 51.9. The number of nitrogens with one attached hydrogen (secondary N) is 2. The van der Waals surface area contributed by atoms with Crippen molar-refractivity contribution in [3.05, 3.63) is 24.3 Å². The molecule has 8 nitrogen and oxygen atoms in total. The van der Waals surface area contributed by atoms with Crippen molar-refractivity contribution in [3.63, 3.8) is 0 Å². The second-order valence-electron chi connectivity index (χ2n) is 7.71. The summed E-state index contributed by atoms with van der Waals surface area (Å²) in [5.74, 6) is -0.622. The fourth-order valence-corrected chi connectivity index (χ4v) is 4.30. The first-order valence-corrected chi connectivity index (χ1v) is 9.83. The molecule has 1 aromatic carbocycles. The van der Waals surface area contributed by atoms with Crippen molar-refractivity contribution in [3.8, 4) is 0 Å². The number of urea groups is 1. The normalized spacial score (nSPS) is 21.4. The zero-order valence-electron chi connectivity index (χ0n) is 15.7. The molecule has 0 radical (unpaired) electrons. The summed E-state index contributed by atoms with van der Waals surface area (Å²) >= 11 is 0. The van der Waals surface area contributed by atoms with Crippen molar-refractivity contribution < 1.29 is 19.2 Å². The molecule has 4 rings (SSSR count). The molecule has 0 atom stereocenters. The van der Waals surface area contributed by atoms with Crippen LogP contribution < -0.4 is 15.5 Å². The van der Waals surface area contributed by atoms with Gasteiger partial charge in [0.25, 0.3) is 5.91 Å². The first-order valence-electron chi connectivity index (χ1n) is 9.83. The van der Waals surface area contributed by atoms with Crippen LogP contribution in [0.25, 0.3) is 0 Å². The quantitative estimate of drug-likeness (QED) is 0.776. The van der Waals surface area contributed by atoms with Gasteiger partial charge in [-0.2, -0.15) is 0 Å². The van der Waals surface area contributed by atoms with E-state index in [1.165, 1.54) is 0 Å². The Morgan fingerprint density at radius 1 is 1.04 bits per heavy atom. The van der Waals surface area contributed by atoms with Gasteiger partial charge in [0.1, 0.15) is 12.1 Å². The van der Waals surface area contributed by atoms with Crippen LogP contribution in [0.15, 0.2) is 24.3 Å². The van der Waals surface area contributed by atoms with Crippen molar-refractivity contribution in [1.29, 1.82) is 0 Å². The maximum atomic E-state index is 12.7. The minimum atomic E-state index is -0.820. The molecule has 28 heavy (non-hydrogen) atoms. The molecule has 148 valence electrons. The van der Waals surface area contributed by atoms with E-state index in [9.17, 15) is 19.2 Å². The number of carbonyl (C=O) groups excluding carboxylic acids is 4. The van der Waals surface area contributed by atoms with Gasteiger partial charge in [0.15, 0.2) is 0 Å². The molecule has 1 saturated carbocycles. The molecular weight excluding hydrogens is 360 g/mol. The predicted molar refractivity (Wildman–Crippen MR) is 103 cm³/mol. The van der Waals surface area contributed by atoms with Crippen LogP contribution in [0.2, 0.25) is 0 Å². The van der Waals surface area contributed by atoms with Crippen LogP contribution in [-0.4, -0.2) is 47.3 Å². The van der Waals surface area contributed by atoms with Gasteiger partial charge in [0.2, 0.25) is 11.8 Å². The van der Waals surface area contributed by atoms with Crippen LogP contribution in [0.1, 0.15) is 44.9 Å². The fourth-order valence-electron chi connectivity index (χ4n) is 4.30. The summed E-state index contributed by atoms with van der Waals surface area (Å²) in [6.45, 7) is 0.400. The molecule has 1 spiro atoms. The molecule has 0 bridgehead atoms. The van der Waals surface area contributed by atoms with E-state index < -0.39 is 17.5 Å². The van der Waals surface area contributed by atoms with Crippen molar-refractivity contribution >= 4 is 35.1 Å². The van der Waals surface area contributed by atoms with E-state index in [1.54, 1.807) is 29.2 Å². The van der Waals surface area contributed by atoms with E-state index >= 15 is 0 Å². The van der Waals surface area contributed by atoms with Crippen LogP contribution >= 0.6 is 0 Å². The Kier molecular flexibility index (Phi) is 4.78. The Balaban J connectivity index is 1.37. The van der Waals surface area contributed by atoms with E-state index in [2.05, 4.69) is 10.6 Å². The van der Waals surface area contributed by atoms with Gasteiger partial charge in [-0.1, -0.05) is 19.3 Å². The van der Waals surface area contributed by atoms with Gasteiger partial charge < -0.3 is 15.5 Å². The summed E-state index contributed by atoms with van der Waals surface area (Å²) in [7, 11) is 0. The monoisotopic (exact) mass is 384 g/mol. The van der Waals surface area contributed by atoms with Crippen molar-refractivity contribution in [2.45, 2.75) is 50.5 Å². The van der Waals surface area contributed by atoms with E-state index in [0.717, 1.165) is 36.3 Å². The predicted octanol–water partition coefficient (Wildman–Crippen LogP) is 2.01. The van der Waals surface area contributed by atoms with Crippen LogP contribution in [0.4, 0.5) is 16.2 Å². The van der Waals surface area contributed by atoms with Crippen LogP contribution in [0.3, 0.4) is 0 Å². The summed E-state index contributed by atoms with van der Waals surface area (Å²) in [6, 6.07) is 6.50. The van der Waals surface area contributed by atoms with Crippen molar-refractivity contribution in [2.24, 2.45) is 0 Å². The molecule has 0 unspecified atom stereocenters. The number of amides is 5. The maximum Gasteiger partial charge on any atom is 0.325 e. The SMILES string of the molecule is O=C(CN1C(=O)NC2(CCCCC2)C1=O)Nc1ccc(N2CCCC2=O)cc1. The fraction of sp³-hybridized carbons (Fsp3) is 0.500. The topological polar surface area (TPSA) is 98.8 Å². The highest BCUT2D eigenvalue weighted by atomic mass is 16.2. The van der Waals surface area contributed by atoms with Gasteiger partial charge >= 0.3 is 6.03 Å². The number of benzene rings is 1. The Bertz CT molecular complexity index is 814. The number of carbonyl (C=O) groups is 4. The zero-order chi connectivity index (χ0) is 19.7. The van der Waals surface area contributed by atoms with E-state index in [-0.39, 0.29) is 18.4 Å². The van der Waals surface area contributed by atoms with Gasteiger partial charge in [0, 0.05) is 24.3 Å². The zero-order valence-corrected chi connectivity index (χ0v) is 15.7. The molecule has 3 fully saturated rings. The summed E-state index contributed by atoms with van der Waals surface area (Å²) in [5.41, 5.74) is 0.535. The van der Waals surface area contributed by atoms with Gasteiger partial charge in [-0.15, -0.1) is 0 Å². The largest absolute Gasteiger partial charge is 0.325 e. The summed E-state index contributed by atoms with van der Waals surface area (Å²) < 4.78 is 0. The van der Waals surface area contributed by atoms with Gasteiger partial charge in [-0.05, 0) is 43.5 Å². The highest BCUT2D eigenvalue weighted by molar-refractivity contribution is 6.10. The number of imide groups is 1. The first-order chi connectivity index (χ1) is 13.5. The minimum absolute atomic E-state index is 0.104. The van der Waals surface area contributed by atoms with Crippen molar-refractivity contribution in [2.75, 3.05) is 23.3 Å². The third-order valence-corrected chi connectivity index (χ3v) is 5.79. The number of hydrogen-bond donors (Lipinski definition) is 2. The number of nitrogens with zero attached hydrogens (tertiary/aromatic N) is 2. The Hall–Kier alpha value is -2.90. The van der Waals surface area contributed by atoms with Gasteiger partial charge in [-0.25, -0.2) is 4.79 Å². The minimum Gasteiger partial charge on any atom is -0.325 e. The van der Waals surface area contributed by atoms with Crippen LogP contribution in [0.5, 0.6) is 0 Å². The molecule has 1 aromatic rings. The third kappa shape index (κ3) is 3.34. The molecule has 8 heteroatoms. The lowest BCUT2D eigenvalue weighted by molar-refractivity contribution is -0.134. The molecular formula is C20H24N4O4. The molecule has 3 aliphatic rings. The first kappa shape index (κ1) is 18.5. The number of hydrogen-bond acceptors (Lipinski definition) is 4. The van der Waals surface area contributed by atoms with Crippen molar-refractivity contribution in [1.82, 2.24) is 10.2 Å². The summed E-state index contributed by atoms with van der Waals surface area (Å²) in [5, 5.41) is 5.52. The molecule has 2 saturated heterocycles. The molecule has 5 amide bonds. The Morgan fingerprint density at radius 2 is 1.75 bits per heavy atom. The lowest BCUT2D eigenvalue weighted by atomic mass is 9.82. The number of rotatable bonds is 4. The van der Waals surface area contributed by atoms with E-state index in [4.69, 9.17) is 0 Å². The second kappa shape index (κ2) is 7.26. The van der Waals surface area contributed by atoms with Crippen LogP contribution in [0, 0.1) is 0 Å². The van der Waals surface area contributed by atoms with E-state index in [0.29, 0.717) is 31.5 Å².